The fraction of sp³-hybridized carbons (Fsp3) is 0.220. The number of ketones is 1. The molecule has 1 saturated heterocycles. The van der Waals surface area contributed by atoms with Crippen LogP contribution in [0, 0.1) is 0 Å². The second-order valence-electron chi connectivity index (χ2n) is 14.8. The third kappa shape index (κ3) is 11.1. The van der Waals surface area contributed by atoms with Crippen LogP contribution >= 0.6 is 0 Å². The first kappa shape index (κ1) is 41.6. The van der Waals surface area contributed by atoms with Crippen molar-refractivity contribution in [1.82, 2.24) is 20.9 Å². The molecule has 6 aromatic carbocycles. The summed E-state index contributed by atoms with van der Waals surface area (Å²) >= 11 is 0. The summed E-state index contributed by atoms with van der Waals surface area (Å²) in [5.41, 5.74) is 8.55. The van der Waals surface area contributed by atoms with Crippen LogP contribution in [0.15, 0.2) is 152 Å². The number of phenolic OH excluding ortho intramolecular Hbond substituents is 1. The Bertz CT molecular complexity index is 2360. The first-order chi connectivity index (χ1) is 29.4. The number of carbonyl (C=O) groups excluding carboxylic acids is 3. The SMILES string of the molecule is O=C(Nc1cccc(-c2ccccc2)c1-c1ccccc1-c1ccccc1)OC1CCN(CCNCC(=O)c2cccc(C(=O)NCCNCc3ccccc3O)c2)CC1. The van der Waals surface area contributed by atoms with Gasteiger partial charge in [0.2, 0.25) is 0 Å². The maximum absolute atomic E-state index is 13.5. The van der Waals surface area contributed by atoms with Crippen LogP contribution in [-0.2, 0) is 11.3 Å². The van der Waals surface area contributed by atoms with Crippen molar-refractivity contribution in [2.45, 2.75) is 25.5 Å². The van der Waals surface area contributed by atoms with Crippen molar-refractivity contribution >= 4 is 23.5 Å². The number of rotatable bonds is 17. The molecule has 0 radical (unpaired) electrons. The predicted molar refractivity (Wildman–Crippen MR) is 238 cm³/mol. The van der Waals surface area contributed by atoms with Gasteiger partial charge < -0.3 is 30.7 Å². The topological polar surface area (TPSA) is 132 Å². The summed E-state index contributed by atoms with van der Waals surface area (Å²) in [4.78, 5) is 41.5. The summed E-state index contributed by atoms with van der Waals surface area (Å²) < 4.78 is 6.00. The highest BCUT2D eigenvalue weighted by Gasteiger charge is 2.24. The second kappa shape index (κ2) is 20.9. The van der Waals surface area contributed by atoms with Crippen LogP contribution in [-0.4, -0.2) is 79.7 Å². The average molecular weight is 802 g/mol. The number of amides is 2. The van der Waals surface area contributed by atoms with Crippen molar-refractivity contribution in [3.05, 3.63) is 168 Å². The van der Waals surface area contributed by atoms with Crippen LogP contribution in [0.1, 0.15) is 39.1 Å². The zero-order chi connectivity index (χ0) is 41.5. The van der Waals surface area contributed by atoms with Crippen molar-refractivity contribution in [1.29, 1.82) is 0 Å². The molecular weight excluding hydrogens is 751 g/mol. The summed E-state index contributed by atoms with van der Waals surface area (Å²) in [6.07, 6.45) is 0.734. The van der Waals surface area contributed by atoms with E-state index < -0.39 is 6.09 Å². The van der Waals surface area contributed by atoms with Crippen molar-refractivity contribution in [2.24, 2.45) is 0 Å². The molecule has 0 bridgehead atoms. The summed E-state index contributed by atoms with van der Waals surface area (Å²) in [6, 6.07) is 48.6. The number of nitrogens with one attached hydrogen (secondary N) is 4. The molecule has 0 saturated carbocycles. The quantitative estimate of drug-likeness (QED) is 0.0459. The number of likely N-dealkylation sites (tertiary alicyclic amines) is 1. The van der Waals surface area contributed by atoms with Gasteiger partial charge in [-0.05, 0) is 64.9 Å². The van der Waals surface area contributed by atoms with Crippen molar-refractivity contribution in [2.75, 3.05) is 51.1 Å². The zero-order valence-corrected chi connectivity index (χ0v) is 33.6. The largest absolute Gasteiger partial charge is 0.508 e. The van der Waals surface area contributed by atoms with E-state index >= 15 is 0 Å². The number of benzene rings is 6. The monoisotopic (exact) mass is 801 g/mol. The Hall–Kier alpha value is -6.59. The highest BCUT2D eigenvalue weighted by atomic mass is 16.6. The number of carbonyl (C=O) groups is 3. The molecule has 60 heavy (non-hydrogen) atoms. The van der Waals surface area contributed by atoms with Gasteiger partial charge in [0.05, 0.1) is 12.2 Å². The van der Waals surface area contributed by atoms with Crippen LogP contribution in [0.4, 0.5) is 10.5 Å². The van der Waals surface area contributed by atoms with E-state index in [0.29, 0.717) is 55.8 Å². The van der Waals surface area contributed by atoms with Gasteiger partial charge in [-0.2, -0.15) is 0 Å². The van der Waals surface area contributed by atoms with Gasteiger partial charge in [-0.15, -0.1) is 0 Å². The van der Waals surface area contributed by atoms with Gasteiger partial charge in [-0.25, -0.2) is 4.79 Å². The average Bonchev–Trinajstić information content (AvgIpc) is 3.29. The van der Waals surface area contributed by atoms with E-state index in [4.69, 9.17) is 4.74 Å². The number of para-hydroxylation sites is 1. The van der Waals surface area contributed by atoms with Gasteiger partial charge in [0.1, 0.15) is 11.9 Å². The molecule has 0 spiro atoms. The fourth-order valence-corrected chi connectivity index (χ4v) is 7.54. The smallest absolute Gasteiger partial charge is 0.411 e. The van der Waals surface area contributed by atoms with Gasteiger partial charge in [-0.1, -0.05) is 127 Å². The Balaban J connectivity index is 0.861. The molecule has 5 N–H and O–H groups in total. The lowest BCUT2D eigenvalue weighted by Crippen LogP contribution is -2.42. The first-order valence-corrected chi connectivity index (χ1v) is 20.6. The number of hydrogen-bond acceptors (Lipinski definition) is 8. The number of ether oxygens (including phenoxy) is 1. The highest BCUT2D eigenvalue weighted by Crippen LogP contribution is 2.42. The lowest BCUT2D eigenvalue weighted by atomic mass is 9.88. The molecule has 2 amide bonds. The lowest BCUT2D eigenvalue weighted by Gasteiger charge is -2.31. The van der Waals surface area contributed by atoms with Gasteiger partial charge in [0.25, 0.3) is 5.91 Å². The van der Waals surface area contributed by atoms with E-state index in [-0.39, 0.29) is 30.1 Å². The van der Waals surface area contributed by atoms with E-state index in [9.17, 15) is 19.5 Å². The standard InChI is InChI=1S/C50H51N5O5/c56-46-24-10-7-17-40(46)34-51-27-28-53-49(58)39-19-11-18-38(33-39)47(57)35-52-29-32-55-30-25-41(26-31-55)60-50(59)54-45-23-12-22-43(37-15-5-2-6-16-37)48(45)44-21-9-8-20-42(44)36-13-3-1-4-14-36/h1-24,33,41,51-52,56H,25-32,34-35H2,(H,53,58)(H,54,59). The predicted octanol–water partition coefficient (Wildman–Crippen LogP) is 8.40. The Morgan fingerprint density at radius 3 is 2.02 bits per heavy atom. The Kier molecular flexibility index (Phi) is 14.5. The number of aromatic hydroxyl groups is 1. The first-order valence-electron chi connectivity index (χ1n) is 20.6. The highest BCUT2D eigenvalue weighted by molar-refractivity contribution is 6.02. The number of Topliss-reactive ketones (excluding diaryl/α,β-unsaturated/α-hetero) is 1. The Morgan fingerprint density at radius 2 is 1.27 bits per heavy atom. The van der Waals surface area contributed by atoms with E-state index in [1.807, 2.05) is 72.8 Å². The number of phenols is 1. The normalized spacial score (nSPS) is 13.1. The molecule has 1 heterocycles. The Labute approximate surface area is 351 Å². The second-order valence-corrected chi connectivity index (χ2v) is 14.8. The molecule has 10 nitrogen and oxygen atoms in total. The van der Waals surface area contributed by atoms with Crippen LogP contribution < -0.4 is 21.3 Å². The summed E-state index contributed by atoms with van der Waals surface area (Å²) in [7, 11) is 0. The number of piperidine rings is 1. The number of hydrogen-bond donors (Lipinski definition) is 5. The molecule has 1 aliphatic heterocycles. The third-order valence-electron chi connectivity index (χ3n) is 10.7. The van der Waals surface area contributed by atoms with Crippen LogP contribution in [0.3, 0.4) is 0 Å². The van der Waals surface area contributed by atoms with E-state index in [0.717, 1.165) is 58.6 Å². The zero-order valence-electron chi connectivity index (χ0n) is 33.6. The molecule has 0 unspecified atom stereocenters. The molecule has 306 valence electrons. The third-order valence-corrected chi connectivity index (χ3v) is 10.7. The van der Waals surface area contributed by atoms with Gasteiger partial charge in [0.15, 0.2) is 5.78 Å². The molecule has 1 fully saturated rings. The molecule has 6 aromatic rings. The van der Waals surface area contributed by atoms with Crippen molar-refractivity contribution in [3.8, 4) is 39.1 Å². The summed E-state index contributed by atoms with van der Waals surface area (Å²) in [5, 5.41) is 22.3. The molecule has 0 atom stereocenters. The molecule has 10 heteroatoms. The molecular formula is C50H51N5O5. The van der Waals surface area contributed by atoms with E-state index in [1.165, 1.54) is 0 Å². The maximum atomic E-state index is 13.5. The molecule has 1 aliphatic rings. The summed E-state index contributed by atoms with van der Waals surface area (Å²) in [6.45, 7) is 4.49. The van der Waals surface area contributed by atoms with Gasteiger partial charge >= 0.3 is 6.09 Å². The number of anilines is 1. The van der Waals surface area contributed by atoms with Gasteiger partial charge in [0, 0.05) is 68.1 Å². The van der Waals surface area contributed by atoms with Crippen LogP contribution in [0.25, 0.3) is 33.4 Å². The van der Waals surface area contributed by atoms with Crippen LogP contribution in [0.2, 0.25) is 0 Å². The minimum absolute atomic E-state index is 0.0897. The van der Waals surface area contributed by atoms with Gasteiger partial charge in [-0.3, -0.25) is 14.9 Å². The minimum atomic E-state index is -0.475. The maximum Gasteiger partial charge on any atom is 0.411 e. The fourth-order valence-electron chi connectivity index (χ4n) is 7.54. The number of nitrogens with zero attached hydrogens (tertiary/aromatic N) is 1. The van der Waals surface area contributed by atoms with Crippen molar-refractivity contribution in [3.63, 3.8) is 0 Å². The Morgan fingerprint density at radius 1 is 0.633 bits per heavy atom. The van der Waals surface area contributed by atoms with E-state index in [1.54, 1.807) is 36.4 Å². The van der Waals surface area contributed by atoms with Crippen LogP contribution in [0.5, 0.6) is 5.75 Å². The molecule has 7 rings (SSSR count). The molecule has 0 aromatic heterocycles. The van der Waals surface area contributed by atoms with E-state index in [2.05, 4.69) is 68.6 Å². The molecule has 0 aliphatic carbocycles. The van der Waals surface area contributed by atoms with Crippen molar-refractivity contribution < 1.29 is 24.2 Å². The minimum Gasteiger partial charge on any atom is -0.508 e. The lowest BCUT2D eigenvalue weighted by molar-refractivity contribution is 0.0593. The summed E-state index contributed by atoms with van der Waals surface area (Å²) in [5.74, 6) is -0.108.